The van der Waals surface area contributed by atoms with Crippen LogP contribution in [0.25, 0.3) is 0 Å². The molecule has 89 valence electrons. The summed E-state index contributed by atoms with van der Waals surface area (Å²) in [5.74, 6) is 1.97. The van der Waals surface area contributed by atoms with Crippen molar-refractivity contribution in [3.05, 3.63) is 23.3 Å². The Kier molecular flexibility index (Phi) is 4.56. The molecule has 0 aromatic carbocycles. The van der Waals surface area contributed by atoms with Crippen LogP contribution < -0.4 is 0 Å². The molecule has 0 aromatic heterocycles. The van der Waals surface area contributed by atoms with E-state index >= 15 is 0 Å². The molecule has 1 heteroatoms. The Morgan fingerprint density at radius 2 is 1.53 bits per heavy atom. The summed E-state index contributed by atoms with van der Waals surface area (Å²) in [4.78, 5) is 0. The Hall–Kier alpha value is 0.753. The molecule has 0 N–H and O–H groups in total. The van der Waals surface area contributed by atoms with Crippen LogP contribution in [0.15, 0.2) is 23.3 Å². The summed E-state index contributed by atoms with van der Waals surface area (Å²) < 4.78 is 0.258. The molecule has 1 aliphatic carbocycles. The minimum atomic E-state index is 0.258. The van der Waals surface area contributed by atoms with E-state index in [1.807, 2.05) is 0 Å². The van der Waals surface area contributed by atoms with E-state index in [0.29, 0.717) is 17.8 Å². The van der Waals surface area contributed by atoms with Crippen molar-refractivity contribution in [2.24, 2.45) is 17.8 Å². The molecule has 1 rings (SSSR count). The second-order valence-corrected chi connectivity index (χ2v) is 7.06. The normalized spacial score (nSPS) is 26.6. The summed E-state index contributed by atoms with van der Waals surface area (Å²) in [7, 11) is 0. The second-order valence-electron chi connectivity index (χ2n) is 5.38. The van der Waals surface area contributed by atoms with Gasteiger partial charge in [-0.1, -0.05) is 0 Å². The average Bonchev–Trinajstić information content (AvgIpc) is 2.44. The third kappa shape index (κ3) is 2.54. The van der Waals surface area contributed by atoms with E-state index in [4.69, 9.17) is 0 Å². The molecule has 0 aromatic rings. The Bertz CT molecular complexity index is 294. The SMILES string of the molecule is CC(C)C1=C(C(C)C)[C]([Dy])(C(C)C)C=C1. The van der Waals surface area contributed by atoms with Crippen LogP contribution in [-0.2, 0) is 0 Å². The summed E-state index contributed by atoms with van der Waals surface area (Å²) in [6, 6.07) is 0. The molecule has 1 aliphatic rings. The van der Waals surface area contributed by atoms with Crippen LogP contribution >= 0.6 is 0 Å². The monoisotopic (exact) mass is 355 g/mol. The van der Waals surface area contributed by atoms with E-state index in [0.717, 1.165) is 0 Å². The number of rotatable bonds is 3. The van der Waals surface area contributed by atoms with Crippen molar-refractivity contribution in [2.45, 2.75) is 43.0 Å². The molecule has 15 heavy (non-hydrogen) atoms. The van der Waals surface area contributed by atoms with Gasteiger partial charge in [0.2, 0.25) is 0 Å². The topological polar surface area (TPSA) is 0 Å². The molecule has 0 nitrogen and oxygen atoms in total. The first-order valence-electron chi connectivity index (χ1n) is 5.90. The van der Waals surface area contributed by atoms with Crippen molar-refractivity contribution < 1.29 is 36.2 Å². The van der Waals surface area contributed by atoms with Crippen LogP contribution in [0, 0.1) is 54.0 Å². The molecule has 0 saturated heterocycles. The first-order chi connectivity index (χ1) is 6.80. The fourth-order valence-electron chi connectivity index (χ4n) is 2.36. The maximum absolute atomic E-state index is 2.62. The quantitative estimate of drug-likeness (QED) is 0.699. The van der Waals surface area contributed by atoms with Gasteiger partial charge in [0.05, 0.1) is 0 Å². The van der Waals surface area contributed by atoms with Crippen molar-refractivity contribution in [1.29, 1.82) is 0 Å². The summed E-state index contributed by atoms with van der Waals surface area (Å²) in [5.41, 5.74) is 3.21. The van der Waals surface area contributed by atoms with E-state index in [9.17, 15) is 0 Å². The van der Waals surface area contributed by atoms with Gasteiger partial charge in [-0.2, -0.15) is 0 Å². The fraction of sp³-hybridized carbons (Fsp3) is 0.714. The zero-order valence-corrected chi connectivity index (χ0v) is 12.7. The molecule has 0 spiro atoms. The van der Waals surface area contributed by atoms with Crippen molar-refractivity contribution >= 4 is 0 Å². The molecule has 0 amide bonds. The predicted molar refractivity (Wildman–Crippen MR) is 63.4 cm³/mol. The Labute approximate surface area is 119 Å². The van der Waals surface area contributed by atoms with Crippen molar-refractivity contribution in [3.63, 3.8) is 0 Å². The number of hydrogen-bond acceptors (Lipinski definition) is 0. The van der Waals surface area contributed by atoms with Crippen LogP contribution in [0.5, 0.6) is 0 Å². The zero-order chi connectivity index (χ0) is 11.8. The van der Waals surface area contributed by atoms with Gasteiger partial charge in [-0.05, 0) is 0 Å². The Morgan fingerprint density at radius 1 is 1.00 bits per heavy atom. The zero-order valence-electron chi connectivity index (χ0n) is 10.7. The molecule has 0 fully saturated rings. The van der Waals surface area contributed by atoms with Gasteiger partial charge < -0.3 is 0 Å². The molecule has 0 aliphatic heterocycles. The van der Waals surface area contributed by atoms with Gasteiger partial charge in [0.1, 0.15) is 0 Å². The first-order valence-corrected chi connectivity index (χ1v) is 6.91. The molecular formula is C14H23Dy. The van der Waals surface area contributed by atoms with Crippen LogP contribution in [0.2, 0.25) is 1.45 Å². The van der Waals surface area contributed by atoms with Crippen LogP contribution in [0.3, 0.4) is 0 Å². The van der Waals surface area contributed by atoms with Crippen molar-refractivity contribution in [3.8, 4) is 0 Å². The van der Waals surface area contributed by atoms with E-state index in [1.54, 1.807) is 11.1 Å². The van der Waals surface area contributed by atoms with Gasteiger partial charge >= 0.3 is 120 Å². The molecule has 0 heterocycles. The summed E-state index contributed by atoms with van der Waals surface area (Å²) in [6.45, 7) is 13.9. The van der Waals surface area contributed by atoms with Gasteiger partial charge in [-0.15, -0.1) is 0 Å². The van der Waals surface area contributed by atoms with Gasteiger partial charge in [0, 0.05) is 0 Å². The fourth-order valence-corrected chi connectivity index (χ4v) is 3.41. The van der Waals surface area contributed by atoms with Crippen molar-refractivity contribution in [2.75, 3.05) is 0 Å². The molecule has 0 bridgehead atoms. The molecule has 0 radical (unpaired) electrons. The number of allylic oxidation sites excluding steroid dienone is 4. The summed E-state index contributed by atoms with van der Waals surface area (Å²) in [5, 5.41) is 0. The van der Waals surface area contributed by atoms with E-state index < -0.39 is 0 Å². The Balaban J connectivity index is 3.22. The third-order valence-electron chi connectivity index (χ3n) is 3.21. The Morgan fingerprint density at radius 3 is 1.87 bits per heavy atom. The summed E-state index contributed by atoms with van der Waals surface area (Å²) in [6.07, 6.45) is 4.76. The van der Waals surface area contributed by atoms with Crippen LogP contribution in [0.1, 0.15) is 41.5 Å². The van der Waals surface area contributed by atoms with E-state index in [1.165, 1.54) is 0 Å². The molecule has 1 atom stereocenters. The van der Waals surface area contributed by atoms with Gasteiger partial charge in [0.15, 0.2) is 0 Å². The average molecular weight is 354 g/mol. The van der Waals surface area contributed by atoms with Crippen LogP contribution in [-0.4, -0.2) is 0 Å². The van der Waals surface area contributed by atoms with E-state index in [-0.39, 0.29) is 1.45 Å². The predicted octanol–water partition coefficient (Wildman–Crippen LogP) is 4.53. The molecular weight excluding hydrogens is 331 g/mol. The van der Waals surface area contributed by atoms with Gasteiger partial charge in [-0.25, -0.2) is 0 Å². The van der Waals surface area contributed by atoms with Crippen LogP contribution in [0.4, 0.5) is 0 Å². The minimum absolute atomic E-state index is 0.258. The number of hydrogen-bond donors (Lipinski definition) is 0. The van der Waals surface area contributed by atoms with Gasteiger partial charge in [0.25, 0.3) is 0 Å². The standard InChI is InChI=1S/C14H23.Dy/c1-9(2)12-7-8-13(10(3)4)14(12)11(5)6;/h7-11H,1-6H3;. The van der Waals surface area contributed by atoms with Gasteiger partial charge in [-0.3, -0.25) is 0 Å². The maximum atomic E-state index is 2.62. The second kappa shape index (κ2) is 4.95. The van der Waals surface area contributed by atoms with Crippen molar-refractivity contribution in [1.82, 2.24) is 0 Å². The summed E-state index contributed by atoms with van der Waals surface area (Å²) >= 11 is 2.62. The third-order valence-corrected chi connectivity index (χ3v) is 5.26. The molecule has 1 unspecified atom stereocenters. The van der Waals surface area contributed by atoms with E-state index in [2.05, 4.69) is 89.9 Å². The molecule has 0 saturated carbocycles. The first kappa shape index (κ1) is 13.8.